The number of anilines is 1. The Morgan fingerprint density at radius 1 is 1.19 bits per heavy atom. The molecule has 1 fully saturated rings. The van der Waals surface area contributed by atoms with Crippen molar-refractivity contribution in [3.05, 3.63) is 34.8 Å². The van der Waals surface area contributed by atoms with Crippen LogP contribution in [0.3, 0.4) is 0 Å². The summed E-state index contributed by atoms with van der Waals surface area (Å²) >= 11 is 3.46. The number of hydrogen-bond donors (Lipinski definition) is 1. The summed E-state index contributed by atoms with van der Waals surface area (Å²) in [7, 11) is 0. The lowest BCUT2D eigenvalue weighted by atomic mass is 10.2. The number of carbonyl (C=O) groups is 1. The third kappa shape index (κ3) is 3.01. The molecule has 110 valence electrons. The van der Waals surface area contributed by atoms with E-state index in [1.54, 1.807) is 4.90 Å². The predicted octanol–water partition coefficient (Wildman–Crippen LogP) is 1.64. The largest absolute Gasteiger partial charge is 0.387 e. The minimum atomic E-state index is -0.414. The lowest BCUT2D eigenvalue weighted by Gasteiger charge is -2.35. The van der Waals surface area contributed by atoms with Gasteiger partial charge in [0, 0.05) is 36.0 Å². The molecule has 2 aromatic rings. The maximum atomic E-state index is 11.5. The first-order chi connectivity index (χ1) is 10.2. The molecular formula is C15H16BrN3O2. The highest BCUT2D eigenvalue weighted by Crippen LogP contribution is 2.22. The summed E-state index contributed by atoms with van der Waals surface area (Å²) in [5.74, 6) is 0.729. The van der Waals surface area contributed by atoms with Crippen molar-refractivity contribution in [2.24, 2.45) is 0 Å². The summed E-state index contributed by atoms with van der Waals surface area (Å²) in [5.41, 5.74) is 0.963. The Morgan fingerprint density at radius 3 is 2.67 bits per heavy atom. The summed E-state index contributed by atoms with van der Waals surface area (Å²) in [6.07, 6.45) is 0. The highest BCUT2D eigenvalue weighted by molar-refractivity contribution is 9.10. The fraction of sp³-hybridized carbons (Fsp3) is 0.333. The molecule has 1 amide bonds. The Kier molecular flexibility index (Phi) is 4.07. The molecule has 2 heterocycles. The van der Waals surface area contributed by atoms with Crippen LogP contribution in [0.25, 0.3) is 10.9 Å². The van der Waals surface area contributed by atoms with Crippen molar-refractivity contribution in [1.29, 1.82) is 0 Å². The number of piperazine rings is 1. The highest BCUT2D eigenvalue weighted by atomic mass is 79.9. The first kappa shape index (κ1) is 14.3. The maximum absolute atomic E-state index is 11.5. The molecular weight excluding hydrogens is 334 g/mol. The van der Waals surface area contributed by atoms with Crippen LogP contribution < -0.4 is 4.90 Å². The molecule has 1 saturated heterocycles. The Labute approximate surface area is 131 Å². The van der Waals surface area contributed by atoms with E-state index in [0.717, 1.165) is 34.3 Å². The van der Waals surface area contributed by atoms with Crippen LogP contribution in [0.5, 0.6) is 0 Å². The summed E-state index contributed by atoms with van der Waals surface area (Å²) in [6.45, 7) is 2.31. The summed E-state index contributed by atoms with van der Waals surface area (Å²) in [5, 5.41) is 9.99. The molecule has 6 heteroatoms. The van der Waals surface area contributed by atoms with Crippen LogP contribution in [0.1, 0.15) is 0 Å². The topological polar surface area (TPSA) is 56.7 Å². The summed E-state index contributed by atoms with van der Waals surface area (Å²) in [6, 6.07) is 10.1. The van der Waals surface area contributed by atoms with E-state index in [0.29, 0.717) is 13.1 Å². The molecule has 1 aromatic carbocycles. The van der Waals surface area contributed by atoms with Gasteiger partial charge < -0.3 is 14.9 Å². The van der Waals surface area contributed by atoms with Crippen molar-refractivity contribution in [1.82, 2.24) is 9.88 Å². The van der Waals surface area contributed by atoms with Gasteiger partial charge in [0.05, 0.1) is 5.52 Å². The van der Waals surface area contributed by atoms with Crippen molar-refractivity contribution in [3.8, 4) is 0 Å². The van der Waals surface area contributed by atoms with Gasteiger partial charge in [0.2, 0.25) is 5.91 Å². The van der Waals surface area contributed by atoms with Gasteiger partial charge in [-0.25, -0.2) is 4.98 Å². The van der Waals surface area contributed by atoms with Crippen LogP contribution in [-0.2, 0) is 4.79 Å². The fourth-order valence-corrected chi connectivity index (χ4v) is 2.93. The van der Waals surface area contributed by atoms with Gasteiger partial charge in [0.15, 0.2) is 0 Å². The van der Waals surface area contributed by atoms with Gasteiger partial charge in [-0.1, -0.05) is 15.9 Å². The van der Waals surface area contributed by atoms with E-state index < -0.39 is 6.61 Å². The first-order valence-electron chi connectivity index (χ1n) is 6.87. The predicted molar refractivity (Wildman–Crippen MR) is 85.3 cm³/mol. The number of benzene rings is 1. The van der Waals surface area contributed by atoms with Gasteiger partial charge in [-0.05, 0) is 30.3 Å². The second-order valence-electron chi connectivity index (χ2n) is 5.03. The van der Waals surface area contributed by atoms with Crippen LogP contribution in [0.15, 0.2) is 34.8 Å². The molecule has 0 radical (unpaired) electrons. The van der Waals surface area contributed by atoms with Crippen molar-refractivity contribution < 1.29 is 9.90 Å². The summed E-state index contributed by atoms with van der Waals surface area (Å²) in [4.78, 5) is 20.0. The van der Waals surface area contributed by atoms with Gasteiger partial charge in [-0.3, -0.25) is 4.79 Å². The zero-order valence-electron chi connectivity index (χ0n) is 11.5. The van der Waals surface area contributed by atoms with Crippen molar-refractivity contribution in [3.63, 3.8) is 0 Å². The Hall–Kier alpha value is -1.66. The van der Waals surface area contributed by atoms with E-state index >= 15 is 0 Å². The molecule has 0 saturated carbocycles. The Balaban J connectivity index is 1.76. The van der Waals surface area contributed by atoms with Gasteiger partial charge in [0.1, 0.15) is 12.4 Å². The van der Waals surface area contributed by atoms with E-state index in [9.17, 15) is 4.79 Å². The molecule has 0 aliphatic carbocycles. The second-order valence-corrected chi connectivity index (χ2v) is 5.95. The monoisotopic (exact) mass is 349 g/mol. The number of fused-ring (bicyclic) bond motifs is 1. The van der Waals surface area contributed by atoms with Crippen molar-refractivity contribution >= 4 is 38.6 Å². The quantitative estimate of drug-likeness (QED) is 0.895. The molecule has 0 unspecified atom stereocenters. The Bertz CT molecular complexity index is 669. The van der Waals surface area contributed by atoms with Gasteiger partial charge >= 0.3 is 0 Å². The minimum Gasteiger partial charge on any atom is -0.387 e. The van der Waals surface area contributed by atoms with Crippen molar-refractivity contribution in [2.75, 3.05) is 37.7 Å². The maximum Gasteiger partial charge on any atom is 0.248 e. The normalized spacial score (nSPS) is 15.5. The number of pyridine rings is 1. The van der Waals surface area contributed by atoms with E-state index in [1.807, 2.05) is 24.3 Å². The van der Waals surface area contributed by atoms with Gasteiger partial charge in [-0.15, -0.1) is 0 Å². The smallest absolute Gasteiger partial charge is 0.248 e. The van der Waals surface area contributed by atoms with Crippen molar-refractivity contribution in [2.45, 2.75) is 0 Å². The molecule has 1 aromatic heterocycles. The highest BCUT2D eigenvalue weighted by Gasteiger charge is 2.21. The number of halogens is 1. The number of hydrogen-bond acceptors (Lipinski definition) is 4. The van der Waals surface area contributed by atoms with Crippen LogP contribution >= 0.6 is 15.9 Å². The molecule has 3 rings (SSSR count). The lowest BCUT2D eigenvalue weighted by Crippen LogP contribution is -2.49. The molecule has 1 N–H and O–H groups in total. The van der Waals surface area contributed by atoms with E-state index in [4.69, 9.17) is 5.11 Å². The van der Waals surface area contributed by atoms with E-state index in [1.165, 1.54) is 0 Å². The standard InChI is InChI=1S/C15H16BrN3O2/c16-12-2-3-13-11(9-12)1-4-14(17-13)18-5-7-19(8-6-18)15(21)10-20/h1-4,9,20H,5-8,10H2. The van der Waals surface area contributed by atoms with Gasteiger partial charge in [-0.2, -0.15) is 0 Å². The minimum absolute atomic E-state index is 0.203. The molecule has 0 atom stereocenters. The third-order valence-corrected chi connectivity index (χ3v) is 4.22. The number of rotatable bonds is 2. The lowest BCUT2D eigenvalue weighted by molar-refractivity contribution is -0.134. The Morgan fingerprint density at radius 2 is 1.95 bits per heavy atom. The van der Waals surface area contributed by atoms with E-state index in [-0.39, 0.29) is 5.91 Å². The second kappa shape index (κ2) is 5.99. The number of amides is 1. The number of aromatic nitrogens is 1. The number of nitrogens with zero attached hydrogens (tertiary/aromatic N) is 3. The van der Waals surface area contributed by atoms with E-state index in [2.05, 4.69) is 31.9 Å². The average molecular weight is 350 g/mol. The number of aliphatic hydroxyl groups excluding tert-OH is 1. The van der Waals surface area contributed by atoms with Crippen LogP contribution in [0.2, 0.25) is 0 Å². The zero-order chi connectivity index (χ0) is 14.8. The SMILES string of the molecule is O=C(CO)N1CCN(c2ccc3cc(Br)ccc3n2)CC1. The fourth-order valence-electron chi connectivity index (χ4n) is 2.55. The first-order valence-corrected chi connectivity index (χ1v) is 7.66. The average Bonchev–Trinajstić information content (AvgIpc) is 2.53. The number of carbonyl (C=O) groups excluding carboxylic acids is 1. The third-order valence-electron chi connectivity index (χ3n) is 3.73. The van der Waals surface area contributed by atoms with Crippen LogP contribution in [-0.4, -0.2) is 53.7 Å². The van der Waals surface area contributed by atoms with Crippen LogP contribution in [0.4, 0.5) is 5.82 Å². The molecule has 5 nitrogen and oxygen atoms in total. The molecule has 0 bridgehead atoms. The molecule has 1 aliphatic rings. The zero-order valence-corrected chi connectivity index (χ0v) is 13.1. The number of aliphatic hydroxyl groups is 1. The van der Waals surface area contributed by atoms with Crippen LogP contribution in [0, 0.1) is 0 Å². The van der Waals surface area contributed by atoms with Gasteiger partial charge in [0.25, 0.3) is 0 Å². The summed E-state index contributed by atoms with van der Waals surface area (Å²) < 4.78 is 1.04. The molecule has 0 spiro atoms. The molecule has 1 aliphatic heterocycles. The molecule has 21 heavy (non-hydrogen) atoms.